The van der Waals surface area contributed by atoms with Gasteiger partial charge < -0.3 is 10.1 Å². The zero-order valence-corrected chi connectivity index (χ0v) is 16.0. The maximum Gasteiger partial charge on any atom is 0.189 e. The minimum Gasteiger partial charge on any atom is -0.396 e. The molecule has 0 amide bonds. The predicted octanol–water partition coefficient (Wildman–Crippen LogP) is 3.49. The monoisotopic (exact) mass is 374 g/mol. The number of rotatable bonds is 5. The Morgan fingerprint density at radius 3 is 2.68 bits per heavy atom. The summed E-state index contributed by atoms with van der Waals surface area (Å²) in [5.74, 6) is 0. The molecule has 2 bridgehead atoms. The molecule has 5 rings (SSSR count). The van der Waals surface area contributed by atoms with Crippen molar-refractivity contribution in [3.63, 3.8) is 0 Å². The van der Waals surface area contributed by atoms with Crippen LogP contribution in [0.5, 0.6) is 0 Å². The Morgan fingerprint density at radius 1 is 1.07 bits per heavy atom. The zero-order chi connectivity index (χ0) is 19.1. The molecule has 3 aromatic rings. The molecular formula is C24H26N2O2. The van der Waals surface area contributed by atoms with Crippen LogP contribution in [-0.2, 0) is 13.0 Å². The molecule has 2 fully saturated rings. The number of para-hydroxylation sites is 1. The Kier molecular flexibility index (Phi) is 4.33. The lowest BCUT2D eigenvalue weighted by molar-refractivity contribution is 0.0748. The van der Waals surface area contributed by atoms with E-state index < -0.39 is 0 Å². The Hall–Kier alpha value is -2.43. The molecule has 2 aliphatic rings. The predicted molar refractivity (Wildman–Crippen MR) is 111 cm³/mol. The number of nitrogens with zero attached hydrogens (tertiary/aromatic N) is 1. The van der Waals surface area contributed by atoms with E-state index >= 15 is 0 Å². The molecule has 28 heavy (non-hydrogen) atoms. The van der Waals surface area contributed by atoms with Crippen LogP contribution < -0.4 is 5.43 Å². The van der Waals surface area contributed by atoms with E-state index in [-0.39, 0.29) is 17.5 Å². The van der Waals surface area contributed by atoms with E-state index in [2.05, 4.69) is 34.1 Å². The average molecular weight is 374 g/mol. The van der Waals surface area contributed by atoms with Crippen molar-refractivity contribution in [2.24, 2.45) is 5.41 Å². The van der Waals surface area contributed by atoms with Gasteiger partial charge >= 0.3 is 0 Å². The number of aliphatic hydroxyl groups excluding tert-OH is 1. The maximum absolute atomic E-state index is 12.5. The van der Waals surface area contributed by atoms with Gasteiger partial charge in [0.1, 0.15) is 0 Å². The molecule has 0 saturated carbocycles. The third-order valence-corrected chi connectivity index (χ3v) is 6.85. The van der Waals surface area contributed by atoms with E-state index in [1.54, 1.807) is 6.07 Å². The molecular weight excluding hydrogens is 348 g/mol. The largest absolute Gasteiger partial charge is 0.396 e. The van der Waals surface area contributed by atoms with Gasteiger partial charge in [-0.05, 0) is 43.4 Å². The molecule has 144 valence electrons. The molecule has 4 heteroatoms. The first-order chi connectivity index (χ1) is 13.7. The van der Waals surface area contributed by atoms with Gasteiger partial charge in [-0.15, -0.1) is 0 Å². The first-order valence-electron chi connectivity index (χ1n) is 10.2. The van der Waals surface area contributed by atoms with E-state index in [0.717, 1.165) is 42.4 Å². The fraction of sp³-hybridized carbons (Fsp3) is 0.375. The number of H-pyrrole nitrogens is 1. The number of hydrogen-bond acceptors (Lipinski definition) is 3. The molecule has 1 aromatic heterocycles. The molecule has 0 unspecified atom stereocenters. The van der Waals surface area contributed by atoms with Crippen LogP contribution in [0.1, 0.15) is 30.5 Å². The van der Waals surface area contributed by atoms with Crippen molar-refractivity contribution in [1.29, 1.82) is 0 Å². The van der Waals surface area contributed by atoms with Crippen molar-refractivity contribution in [1.82, 2.24) is 9.88 Å². The minimum atomic E-state index is -0.0819. The summed E-state index contributed by atoms with van der Waals surface area (Å²) in [7, 11) is 0. The first kappa shape index (κ1) is 17.7. The van der Waals surface area contributed by atoms with Crippen molar-refractivity contribution < 1.29 is 5.11 Å². The Morgan fingerprint density at radius 2 is 1.86 bits per heavy atom. The Bertz CT molecular complexity index is 1050. The summed E-state index contributed by atoms with van der Waals surface area (Å²) in [4.78, 5) is 18.5. The van der Waals surface area contributed by atoms with Crippen LogP contribution in [0, 0.1) is 5.41 Å². The normalized spacial score (nSPS) is 26.9. The lowest BCUT2D eigenvalue weighted by Crippen LogP contribution is -2.41. The summed E-state index contributed by atoms with van der Waals surface area (Å²) in [6, 6.07) is 20.8. The molecule has 2 aromatic carbocycles. The quantitative estimate of drug-likeness (QED) is 0.719. The highest BCUT2D eigenvalue weighted by Gasteiger charge is 2.55. The van der Waals surface area contributed by atoms with E-state index in [1.807, 2.05) is 30.3 Å². The number of benzene rings is 2. The van der Waals surface area contributed by atoms with Gasteiger partial charge in [-0.2, -0.15) is 0 Å². The molecule has 3 atom stereocenters. The zero-order valence-electron chi connectivity index (χ0n) is 16.0. The van der Waals surface area contributed by atoms with Crippen molar-refractivity contribution in [2.75, 3.05) is 6.61 Å². The van der Waals surface area contributed by atoms with E-state index in [9.17, 15) is 9.90 Å². The van der Waals surface area contributed by atoms with Crippen LogP contribution in [-0.4, -0.2) is 33.7 Å². The molecule has 4 nitrogen and oxygen atoms in total. The van der Waals surface area contributed by atoms with Crippen LogP contribution in [0.3, 0.4) is 0 Å². The van der Waals surface area contributed by atoms with E-state index in [4.69, 9.17) is 0 Å². The van der Waals surface area contributed by atoms with Gasteiger partial charge in [-0.3, -0.25) is 9.69 Å². The molecule has 2 saturated heterocycles. The molecule has 2 N–H and O–H groups in total. The average Bonchev–Trinajstić information content (AvgIpc) is 3.23. The van der Waals surface area contributed by atoms with Gasteiger partial charge in [-0.25, -0.2) is 0 Å². The van der Waals surface area contributed by atoms with Gasteiger partial charge in [-0.1, -0.05) is 42.5 Å². The number of hydrogen-bond donors (Lipinski definition) is 2. The summed E-state index contributed by atoms with van der Waals surface area (Å²) in [6.07, 6.45) is 4.24. The van der Waals surface area contributed by atoms with Crippen molar-refractivity contribution in [3.05, 3.63) is 82.1 Å². The highest BCUT2D eigenvalue weighted by atomic mass is 16.3. The minimum absolute atomic E-state index is 0.0774. The topological polar surface area (TPSA) is 56.3 Å². The fourth-order valence-corrected chi connectivity index (χ4v) is 5.61. The standard InChI is InChI=1S/C24H26N2O2/c27-16-24(13-17-6-2-1-3-7-17)14-19-10-11-23(24)26(19)15-18-12-22(28)20-8-4-5-9-21(20)25-18/h1-9,12,19,23,27H,10-11,13-16H2,(H,25,28)/t19-,23+,24-/m1/s1. The van der Waals surface area contributed by atoms with Crippen molar-refractivity contribution in [3.8, 4) is 0 Å². The van der Waals surface area contributed by atoms with Gasteiger partial charge in [0.15, 0.2) is 5.43 Å². The second-order valence-corrected chi connectivity index (χ2v) is 8.51. The SMILES string of the molecule is O=c1cc(CN2[C@@H]3CC[C@H]2[C@](CO)(Cc2ccccc2)C3)[nH]c2ccccc12. The van der Waals surface area contributed by atoms with Gasteiger partial charge in [0.05, 0.1) is 6.61 Å². The van der Waals surface area contributed by atoms with E-state index in [0.29, 0.717) is 12.1 Å². The second-order valence-electron chi connectivity index (χ2n) is 8.51. The Balaban J connectivity index is 1.43. The number of fused-ring (bicyclic) bond motifs is 3. The fourth-order valence-electron chi connectivity index (χ4n) is 5.61. The number of aromatic amines is 1. The molecule has 0 spiro atoms. The van der Waals surface area contributed by atoms with Crippen LogP contribution >= 0.6 is 0 Å². The molecule has 3 heterocycles. The summed E-state index contributed by atoms with van der Waals surface area (Å²) in [6.45, 7) is 0.958. The van der Waals surface area contributed by atoms with Crippen molar-refractivity contribution in [2.45, 2.75) is 44.3 Å². The summed E-state index contributed by atoms with van der Waals surface area (Å²) in [5, 5.41) is 11.1. The second kappa shape index (κ2) is 6.87. The highest BCUT2D eigenvalue weighted by Crippen LogP contribution is 2.51. The summed E-state index contributed by atoms with van der Waals surface area (Å²) >= 11 is 0. The van der Waals surface area contributed by atoms with Crippen LogP contribution in [0.15, 0.2) is 65.5 Å². The number of aliphatic hydroxyl groups is 1. The first-order valence-corrected chi connectivity index (χ1v) is 10.2. The smallest absolute Gasteiger partial charge is 0.189 e. The lowest BCUT2D eigenvalue weighted by Gasteiger charge is -2.36. The third kappa shape index (κ3) is 2.88. The van der Waals surface area contributed by atoms with Gasteiger partial charge in [0, 0.05) is 46.7 Å². The number of nitrogens with one attached hydrogen (secondary N) is 1. The van der Waals surface area contributed by atoms with Gasteiger partial charge in [0.2, 0.25) is 0 Å². The summed E-state index contributed by atoms with van der Waals surface area (Å²) in [5.41, 5.74) is 3.15. The number of pyridine rings is 1. The summed E-state index contributed by atoms with van der Waals surface area (Å²) < 4.78 is 0. The molecule has 0 aliphatic carbocycles. The van der Waals surface area contributed by atoms with E-state index in [1.165, 1.54) is 12.0 Å². The maximum atomic E-state index is 12.5. The number of aromatic nitrogens is 1. The molecule has 2 aliphatic heterocycles. The van der Waals surface area contributed by atoms with Crippen LogP contribution in [0.4, 0.5) is 0 Å². The van der Waals surface area contributed by atoms with Crippen LogP contribution in [0.2, 0.25) is 0 Å². The Labute approximate surface area is 164 Å². The lowest BCUT2D eigenvalue weighted by atomic mass is 9.70. The van der Waals surface area contributed by atoms with Crippen LogP contribution in [0.25, 0.3) is 10.9 Å². The molecule has 0 radical (unpaired) electrons. The third-order valence-electron chi connectivity index (χ3n) is 6.85. The van der Waals surface area contributed by atoms with Crippen molar-refractivity contribution >= 4 is 10.9 Å². The van der Waals surface area contributed by atoms with Gasteiger partial charge in [0.25, 0.3) is 0 Å². The highest BCUT2D eigenvalue weighted by molar-refractivity contribution is 5.78.